The van der Waals surface area contributed by atoms with Crippen LogP contribution in [-0.4, -0.2) is 54.3 Å². The van der Waals surface area contributed by atoms with Crippen LogP contribution in [0.15, 0.2) is 0 Å². The Morgan fingerprint density at radius 1 is 1.06 bits per heavy atom. The van der Waals surface area contributed by atoms with Gasteiger partial charge in [0.2, 0.25) is 0 Å². The molecule has 8 nitrogen and oxygen atoms in total. The normalized spacial score (nSPS) is 37.2. The SMILES string of the molecule is O=C(O)C1CO[B-]2(N1)NC(C(=O)O)CO2.[Na+]. The average molecular weight is 240 g/mol. The van der Waals surface area contributed by atoms with E-state index in [1.165, 1.54) is 0 Å². The Hall–Kier alpha value is -0.155. The summed E-state index contributed by atoms with van der Waals surface area (Å²) in [5, 5.41) is 22.6. The predicted octanol–water partition coefficient (Wildman–Crippen LogP) is -5.43. The van der Waals surface area contributed by atoms with Crippen molar-refractivity contribution in [2.24, 2.45) is 0 Å². The monoisotopic (exact) mass is 240 g/mol. The van der Waals surface area contributed by atoms with Gasteiger partial charge in [0, 0.05) is 13.2 Å². The summed E-state index contributed by atoms with van der Waals surface area (Å²) in [4.78, 5) is 21.2. The predicted molar refractivity (Wildman–Crippen MR) is 46.8 cm³/mol. The summed E-state index contributed by atoms with van der Waals surface area (Å²) in [6.07, 6.45) is 0. The third-order valence-electron chi connectivity index (χ3n) is 2.43. The molecule has 2 unspecified atom stereocenters. The second-order valence-electron chi connectivity index (χ2n) is 3.49. The van der Waals surface area contributed by atoms with E-state index in [-0.39, 0.29) is 42.8 Å². The molecule has 16 heavy (non-hydrogen) atoms. The van der Waals surface area contributed by atoms with E-state index in [9.17, 15) is 9.59 Å². The summed E-state index contributed by atoms with van der Waals surface area (Å²) in [7, 11) is 0. The van der Waals surface area contributed by atoms with Gasteiger partial charge in [-0.1, -0.05) is 0 Å². The first-order valence-corrected chi connectivity index (χ1v) is 4.45. The Bertz CT molecular complexity index is 285. The van der Waals surface area contributed by atoms with Crippen molar-refractivity contribution in [2.45, 2.75) is 12.1 Å². The van der Waals surface area contributed by atoms with Crippen molar-refractivity contribution in [3.63, 3.8) is 0 Å². The zero-order valence-corrected chi connectivity index (χ0v) is 10.7. The number of carboxylic acid groups (broad SMARTS) is 2. The number of hydrogen-bond donors (Lipinski definition) is 4. The molecule has 2 atom stereocenters. The molecule has 10 heteroatoms. The number of carboxylic acids is 2. The zero-order chi connectivity index (χ0) is 11.1. The Morgan fingerprint density at radius 2 is 1.44 bits per heavy atom. The van der Waals surface area contributed by atoms with Gasteiger partial charge in [-0.2, -0.15) is 0 Å². The van der Waals surface area contributed by atoms with Gasteiger partial charge in [-0.3, -0.25) is 9.59 Å². The van der Waals surface area contributed by atoms with Crippen LogP contribution in [0.4, 0.5) is 0 Å². The van der Waals surface area contributed by atoms with Crippen molar-refractivity contribution in [1.82, 2.24) is 10.5 Å². The number of aliphatic carboxylic acids is 2. The van der Waals surface area contributed by atoms with Crippen molar-refractivity contribution in [3.8, 4) is 0 Å². The molecule has 84 valence electrons. The van der Waals surface area contributed by atoms with E-state index in [1.54, 1.807) is 0 Å². The minimum absolute atomic E-state index is 0. The molecular weight excluding hydrogens is 230 g/mol. The van der Waals surface area contributed by atoms with Crippen molar-refractivity contribution < 1.29 is 58.7 Å². The van der Waals surface area contributed by atoms with Crippen LogP contribution in [0.25, 0.3) is 0 Å². The van der Waals surface area contributed by atoms with Gasteiger partial charge in [0.15, 0.2) is 0 Å². The van der Waals surface area contributed by atoms with Gasteiger partial charge < -0.3 is 30.0 Å². The second kappa shape index (κ2) is 5.00. The Morgan fingerprint density at radius 3 is 1.69 bits per heavy atom. The topological polar surface area (TPSA) is 117 Å². The fourth-order valence-corrected chi connectivity index (χ4v) is 1.66. The van der Waals surface area contributed by atoms with Gasteiger partial charge in [-0.05, 0) is 0 Å². The molecule has 2 fully saturated rings. The van der Waals surface area contributed by atoms with Gasteiger partial charge in [-0.15, -0.1) is 0 Å². The van der Waals surface area contributed by atoms with E-state index in [4.69, 9.17) is 19.5 Å². The fraction of sp³-hybridized carbons (Fsp3) is 0.667. The maximum absolute atomic E-state index is 10.6. The molecule has 0 aromatic carbocycles. The minimum atomic E-state index is -2.15. The van der Waals surface area contributed by atoms with Crippen molar-refractivity contribution in [1.29, 1.82) is 0 Å². The summed E-state index contributed by atoms with van der Waals surface area (Å²) in [5.74, 6) is -2.11. The third-order valence-corrected chi connectivity index (χ3v) is 2.43. The molecule has 0 bridgehead atoms. The summed E-state index contributed by atoms with van der Waals surface area (Å²) in [5.41, 5.74) is 0. The summed E-state index contributed by atoms with van der Waals surface area (Å²) in [6.45, 7) is -2.24. The molecule has 0 aliphatic carbocycles. The van der Waals surface area contributed by atoms with Crippen molar-refractivity contribution in [2.75, 3.05) is 13.2 Å². The van der Waals surface area contributed by atoms with E-state index in [0.29, 0.717) is 0 Å². The zero-order valence-electron chi connectivity index (χ0n) is 8.67. The van der Waals surface area contributed by atoms with Gasteiger partial charge >= 0.3 is 48.3 Å². The molecule has 2 rings (SSSR count). The first-order valence-electron chi connectivity index (χ1n) is 4.45. The quantitative estimate of drug-likeness (QED) is 0.353. The summed E-state index contributed by atoms with van der Waals surface area (Å²) >= 11 is 0. The standard InChI is InChI=1S/C6H10BN2O6.Na/c10-5(11)3-1-14-7(8-3)9-4(2-15-7)6(12)13;/h3-4,8-9H,1-2H2,(H,10,11)(H,12,13);/q-1;+1. The van der Waals surface area contributed by atoms with Crippen molar-refractivity contribution >= 4 is 18.8 Å². The molecule has 0 aromatic heterocycles. The second-order valence-corrected chi connectivity index (χ2v) is 3.49. The number of carbonyl (C=O) groups is 2. The summed E-state index contributed by atoms with van der Waals surface area (Å²) < 4.78 is 10.3. The first kappa shape index (κ1) is 13.9. The molecule has 2 heterocycles. The van der Waals surface area contributed by atoms with Crippen LogP contribution in [0, 0.1) is 0 Å². The average Bonchev–Trinajstić information content (AvgIpc) is 2.74. The fourth-order valence-electron chi connectivity index (χ4n) is 1.66. The smallest absolute Gasteiger partial charge is 0.540 e. The van der Waals surface area contributed by atoms with Crippen LogP contribution in [0.1, 0.15) is 0 Å². The largest absolute Gasteiger partial charge is 1.00 e. The summed E-state index contributed by atoms with van der Waals surface area (Å²) in [6, 6.07) is -1.74. The van der Waals surface area contributed by atoms with Crippen LogP contribution in [0.2, 0.25) is 0 Å². The van der Waals surface area contributed by atoms with Crippen molar-refractivity contribution in [3.05, 3.63) is 0 Å². The molecule has 2 aliphatic rings. The van der Waals surface area contributed by atoms with Gasteiger partial charge in [0.1, 0.15) is 0 Å². The van der Waals surface area contributed by atoms with E-state index in [2.05, 4.69) is 10.5 Å². The molecule has 1 spiro atoms. The maximum Gasteiger partial charge on any atom is 1.00 e. The van der Waals surface area contributed by atoms with E-state index < -0.39 is 30.8 Å². The Kier molecular flexibility index (Phi) is 4.35. The Labute approximate surface area is 113 Å². The van der Waals surface area contributed by atoms with Crippen LogP contribution in [0.5, 0.6) is 0 Å². The van der Waals surface area contributed by atoms with Gasteiger partial charge in [-0.25, -0.2) is 0 Å². The molecule has 0 radical (unpaired) electrons. The number of rotatable bonds is 2. The van der Waals surface area contributed by atoms with E-state index in [0.717, 1.165) is 0 Å². The third kappa shape index (κ3) is 2.56. The van der Waals surface area contributed by atoms with E-state index >= 15 is 0 Å². The van der Waals surface area contributed by atoms with Crippen LogP contribution >= 0.6 is 0 Å². The van der Waals surface area contributed by atoms with Crippen LogP contribution < -0.4 is 40.0 Å². The maximum atomic E-state index is 10.6. The molecular formula is C6H10BN2NaO6. The minimum Gasteiger partial charge on any atom is -0.540 e. The number of nitrogens with one attached hydrogen (secondary N) is 2. The molecule has 2 saturated heterocycles. The van der Waals surface area contributed by atoms with Crippen LogP contribution in [-0.2, 0) is 18.9 Å². The molecule has 4 N–H and O–H groups in total. The Balaban J connectivity index is 0.00000128. The van der Waals surface area contributed by atoms with Gasteiger partial charge in [0.25, 0.3) is 0 Å². The first-order chi connectivity index (χ1) is 7.02. The molecule has 0 amide bonds. The molecule has 2 aliphatic heterocycles. The van der Waals surface area contributed by atoms with Crippen LogP contribution in [0.3, 0.4) is 0 Å². The number of hydrogen-bond acceptors (Lipinski definition) is 6. The van der Waals surface area contributed by atoms with Gasteiger partial charge in [0.05, 0.1) is 12.1 Å². The van der Waals surface area contributed by atoms with E-state index in [1.807, 2.05) is 0 Å². The molecule has 0 aromatic rings. The molecule has 0 saturated carbocycles.